The van der Waals surface area contributed by atoms with Gasteiger partial charge in [0, 0.05) is 49.6 Å². The minimum atomic E-state index is -3.49. The van der Waals surface area contributed by atoms with Crippen molar-refractivity contribution in [1.82, 2.24) is 9.29 Å². The molecule has 1 fully saturated rings. The molecule has 5 aliphatic rings. The number of hydrogen-bond donors (Lipinski definition) is 1. The molecule has 0 radical (unpaired) electrons. The molecule has 10 heteroatoms. The van der Waals surface area contributed by atoms with Crippen LogP contribution in [-0.2, 0) is 39.5 Å². The lowest BCUT2D eigenvalue weighted by molar-refractivity contribution is 0.0131. The maximum absolute atomic E-state index is 14.7. The van der Waals surface area contributed by atoms with E-state index in [1.807, 2.05) is 31.3 Å². The fourth-order valence-corrected chi connectivity index (χ4v) is 11.3. The highest BCUT2D eigenvalue weighted by atomic mass is 32.2. The Labute approximate surface area is 308 Å². The number of carbonyl (C=O) groups excluding carboxylic acids is 2. The van der Waals surface area contributed by atoms with Gasteiger partial charge in [-0.1, -0.05) is 42.8 Å². The SMILES string of the molecule is CO[C@H]1/C=C/C[C@H](C)CS(=O)(NC(=O)c2cc3n(c2)CCCC3)=NC(=O)c2ccc3c(c2)N(C[C@@H]2CC[C@H]21)C[C@@]1(CCCc2cc(C)ccc21)CO3. The van der Waals surface area contributed by atoms with E-state index in [-0.39, 0.29) is 23.2 Å². The van der Waals surface area contributed by atoms with E-state index < -0.39 is 21.7 Å². The number of aryl methyl sites for hydroxylation is 4. The van der Waals surface area contributed by atoms with Gasteiger partial charge in [0.25, 0.3) is 11.8 Å². The zero-order chi connectivity index (χ0) is 36.0. The summed E-state index contributed by atoms with van der Waals surface area (Å²) in [5.74, 6) is 0.400. The van der Waals surface area contributed by atoms with Crippen molar-refractivity contribution in [3.63, 3.8) is 0 Å². The fourth-order valence-electron chi connectivity index (χ4n) is 9.42. The van der Waals surface area contributed by atoms with Crippen LogP contribution < -0.4 is 14.4 Å². The van der Waals surface area contributed by atoms with Crippen LogP contribution in [0.1, 0.15) is 95.0 Å². The Bertz CT molecular complexity index is 2000. The summed E-state index contributed by atoms with van der Waals surface area (Å²) in [6.45, 7) is 7.15. The van der Waals surface area contributed by atoms with Gasteiger partial charge in [-0.25, -0.2) is 4.21 Å². The van der Waals surface area contributed by atoms with Crippen molar-refractivity contribution in [3.8, 4) is 5.75 Å². The van der Waals surface area contributed by atoms with Crippen LogP contribution in [-0.4, -0.2) is 59.3 Å². The number of aromatic nitrogens is 1. The third-order valence-electron chi connectivity index (χ3n) is 12.3. The van der Waals surface area contributed by atoms with Gasteiger partial charge in [0.05, 0.1) is 29.7 Å². The number of fused-ring (bicyclic) bond motifs is 5. The molecule has 8 rings (SSSR count). The summed E-state index contributed by atoms with van der Waals surface area (Å²) in [4.78, 5) is 30.2. The molecule has 1 unspecified atom stereocenters. The monoisotopic (exact) mass is 724 g/mol. The number of anilines is 1. The van der Waals surface area contributed by atoms with Crippen LogP contribution in [0.5, 0.6) is 5.75 Å². The molecule has 1 spiro atoms. The molecule has 9 nitrogen and oxygen atoms in total. The second kappa shape index (κ2) is 14.2. The number of hydrogen-bond acceptors (Lipinski definition) is 6. The highest BCUT2D eigenvalue weighted by molar-refractivity contribution is 7.92. The molecular weight excluding hydrogens is 673 g/mol. The normalized spacial score (nSPS) is 30.8. The molecular formula is C42H52N4O5S. The zero-order valence-electron chi connectivity index (χ0n) is 30.8. The molecule has 6 atom stereocenters. The maximum atomic E-state index is 14.7. The number of allylic oxidation sites excluding steroid dienone is 1. The summed E-state index contributed by atoms with van der Waals surface area (Å²) in [5.41, 5.74) is 6.61. The van der Waals surface area contributed by atoms with Gasteiger partial charge in [-0.2, -0.15) is 0 Å². The van der Waals surface area contributed by atoms with E-state index in [1.54, 1.807) is 13.2 Å². The quantitative estimate of drug-likeness (QED) is 0.287. The summed E-state index contributed by atoms with van der Waals surface area (Å²) in [7, 11) is -1.70. The molecule has 0 saturated heterocycles. The highest BCUT2D eigenvalue weighted by Crippen LogP contribution is 2.47. The first kappa shape index (κ1) is 35.2. The number of nitrogens with zero attached hydrogens (tertiary/aromatic N) is 3. The van der Waals surface area contributed by atoms with Crippen LogP contribution in [0, 0.1) is 24.7 Å². The van der Waals surface area contributed by atoms with Crippen molar-refractivity contribution in [2.75, 3.05) is 37.5 Å². The molecule has 3 aliphatic heterocycles. The van der Waals surface area contributed by atoms with Crippen molar-refractivity contribution in [2.24, 2.45) is 22.1 Å². The molecule has 2 aliphatic carbocycles. The van der Waals surface area contributed by atoms with Crippen LogP contribution >= 0.6 is 0 Å². The van der Waals surface area contributed by atoms with Gasteiger partial charge in [0.2, 0.25) is 0 Å². The summed E-state index contributed by atoms with van der Waals surface area (Å²) in [6.07, 6.45) is 15.1. The van der Waals surface area contributed by atoms with Gasteiger partial charge >= 0.3 is 0 Å². The number of ether oxygens (including phenoxy) is 2. The van der Waals surface area contributed by atoms with E-state index in [9.17, 15) is 13.8 Å². The van der Waals surface area contributed by atoms with Gasteiger partial charge in [-0.3, -0.25) is 14.3 Å². The highest BCUT2D eigenvalue weighted by Gasteiger charge is 2.44. The Balaban J connectivity index is 1.18. The van der Waals surface area contributed by atoms with E-state index in [0.29, 0.717) is 36.0 Å². The number of rotatable bonds is 3. The Kier molecular flexibility index (Phi) is 9.57. The molecule has 1 saturated carbocycles. The number of nitrogens with one attached hydrogen (secondary N) is 1. The van der Waals surface area contributed by atoms with Crippen molar-refractivity contribution in [1.29, 1.82) is 0 Å². The van der Waals surface area contributed by atoms with Crippen LogP contribution in [0.25, 0.3) is 0 Å². The van der Waals surface area contributed by atoms with Gasteiger partial charge < -0.3 is 18.9 Å². The number of methoxy groups -OCH3 is 1. The number of benzene rings is 2. The molecule has 276 valence electrons. The van der Waals surface area contributed by atoms with Gasteiger partial charge in [-0.15, -0.1) is 4.36 Å². The van der Waals surface area contributed by atoms with Gasteiger partial charge in [0.15, 0.2) is 0 Å². The fraction of sp³-hybridized carbons (Fsp3) is 0.524. The molecule has 1 aromatic heterocycles. The third kappa shape index (κ3) is 6.84. The molecule has 4 heterocycles. The second-order valence-corrected chi connectivity index (χ2v) is 18.1. The standard InChI is InChI=1S/C42H52N4O5S/c1-28-12-16-36-30(20-28)9-7-18-42(36)26-46-23-32-13-15-35(32)38(50-3)11-6-8-29(2)25-52(49,43-40(47)31-14-17-39(51-27-42)37(46)22-31)44-41(48)33-21-34-10-4-5-19-45(34)24-33/h6,11-12,14,16-17,20-22,24,29,32,35,38H,4-5,7-10,13,15,18-19,23,25-27H2,1-3H3,(H,43,44,47,48,49)/b11-6+/t29-,32-,35+,38-,42-,52?/m0/s1. The van der Waals surface area contributed by atoms with E-state index in [4.69, 9.17) is 9.47 Å². The Hall–Kier alpha value is -3.89. The molecule has 3 aromatic rings. The van der Waals surface area contributed by atoms with Crippen LogP contribution in [0.15, 0.2) is 65.2 Å². The van der Waals surface area contributed by atoms with Crippen molar-refractivity contribution in [3.05, 3.63) is 94.3 Å². The predicted molar refractivity (Wildman–Crippen MR) is 204 cm³/mol. The van der Waals surface area contributed by atoms with E-state index in [1.165, 1.54) is 16.7 Å². The van der Waals surface area contributed by atoms with E-state index >= 15 is 0 Å². The van der Waals surface area contributed by atoms with Crippen LogP contribution in [0.4, 0.5) is 5.69 Å². The maximum Gasteiger partial charge on any atom is 0.286 e. The number of carbonyl (C=O) groups is 2. The van der Waals surface area contributed by atoms with Gasteiger partial charge in [0.1, 0.15) is 15.7 Å². The first-order valence-electron chi connectivity index (χ1n) is 19.2. The zero-order valence-corrected chi connectivity index (χ0v) is 31.6. The van der Waals surface area contributed by atoms with E-state index in [2.05, 4.69) is 55.8 Å². The van der Waals surface area contributed by atoms with E-state index in [0.717, 1.165) is 88.1 Å². The second-order valence-electron chi connectivity index (χ2n) is 16.1. The summed E-state index contributed by atoms with van der Waals surface area (Å²) >= 11 is 0. The molecule has 2 amide bonds. The van der Waals surface area contributed by atoms with Crippen molar-refractivity contribution < 1.29 is 23.3 Å². The minimum absolute atomic E-state index is 0.0311. The average Bonchev–Trinajstić information content (AvgIpc) is 3.49. The smallest absolute Gasteiger partial charge is 0.286 e. The first-order chi connectivity index (χ1) is 25.1. The predicted octanol–water partition coefficient (Wildman–Crippen LogP) is 7.20. The molecule has 2 aromatic carbocycles. The number of amides is 2. The molecule has 2 bridgehead atoms. The topological polar surface area (TPSA) is 102 Å². The summed E-state index contributed by atoms with van der Waals surface area (Å²) in [6, 6.07) is 14.2. The summed E-state index contributed by atoms with van der Waals surface area (Å²) < 4.78 is 36.7. The summed E-state index contributed by atoms with van der Waals surface area (Å²) in [5, 5.41) is 0. The Morgan fingerprint density at radius 3 is 2.79 bits per heavy atom. The van der Waals surface area contributed by atoms with Crippen molar-refractivity contribution in [2.45, 2.75) is 89.7 Å². The van der Waals surface area contributed by atoms with Crippen molar-refractivity contribution >= 4 is 27.4 Å². The largest absolute Gasteiger partial charge is 0.490 e. The Morgan fingerprint density at radius 2 is 1.98 bits per heavy atom. The third-order valence-corrected chi connectivity index (χ3v) is 14.3. The van der Waals surface area contributed by atoms with Gasteiger partial charge in [-0.05, 0) is 118 Å². The first-order valence-corrected chi connectivity index (χ1v) is 20.9. The lowest BCUT2D eigenvalue weighted by Gasteiger charge is -2.46. The van der Waals surface area contributed by atoms with Crippen LogP contribution in [0.2, 0.25) is 0 Å². The molecule has 1 N–H and O–H groups in total. The Morgan fingerprint density at radius 1 is 1.10 bits per heavy atom. The lowest BCUT2D eigenvalue weighted by atomic mass is 9.68. The minimum Gasteiger partial charge on any atom is -0.490 e. The van der Waals surface area contributed by atoms with Crippen LogP contribution in [0.3, 0.4) is 0 Å². The lowest BCUT2D eigenvalue weighted by Crippen LogP contribution is -2.49. The average molecular weight is 725 g/mol. The molecule has 52 heavy (non-hydrogen) atoms.